The number of hydrogen-bond donors (Lipinski definition) is 1. The van der Waals surface area contributed by atoms with E-state index >= 15 is 0 Å². The van der Waals surface area contributed by atoms with Crippen LogP contribution in [0.2, 0.25) is 0 Å². The lowest BCUT2D eigenvalue weighted by atomic mass is 9.84. The van der Waals surface area contributed by atoms with E-state index in [1.54, 1.807) is 0 Å². The lowest BCUT2D eigenvalue weighted by Crippen LogP contribution is -2.32. The standard InChI is InChI=1S/C16H22O3/c1-2-12-6-5-8-14(10-12)19-15-9-4-3-7-13(15)11-16(17)18/h5-6,8,10,13,15H,2-4,7,9,11H2,1H3,(H,17,18). The van der Waals surface area contributed by atoms with Crippen LogP contribution in [0, 0.1) is 5.92 Å². The van der Waals surface area contributed by atoms with Crippen molar-refractivity contribution in [2.24, 2.45) is 5.92 Å². The summed E-state index contributed by atoms with van der Waals surface area (Å²) in [7, 11) is 0. The summed E-state index contributed by atoms with van der Waals surface area (Å²) in [5.74, 6) is 0.306. The van der Waals surface area contributed by atoms with E-state index in [2.05, 4.69) is 19.1 Å². The first kappa shape index (κ1) is 13.9. The molecule has 2 unspecified atom stereocenters. The number of ether oxygens (including phenoxy) is 1. The normalized spacial score (nSPS) is 23.0. The fourth-order valence-corrected chi connectivity index (χ4v) is 2.80. The van der Waals surface area contributed by atoms with Crippen molar-refractivity contribution in [2.45, 2.75) is 51.6 Å². The van der Waals surface area contributed by atoms with Gasteiger partial charge in [0, 0.05) is 5.92 Å². The van der Waals surface area contributed by atoms with Gasteiger partial charge in [0.2, 0.25) is 0 Å². The quantitative estimate of drug-likeness (QED) is 0.880. The topological polar surface area (TPSA) is 46.5 Å². The molecule has 1 N–H and O–H groups in total. The Morgan fingerprint density at radius 3 is 2.89 bits per heavy atom. The molecule has 0 aromatic heterocycles. The number of carbonyl (C=O) groups is 1. The number of aliphatic carboxylic acids is 1. The third-order valence-corrected chi connectivity index (χ3v) is 3.87. The lowest BCUT2D eigenvalue weighted by molar-refractivity contribution is -0.139. The monoisotopic (exact) mass is 262 g/mol. The summed E-state index contributed by atoms with van der Waals surface area (Å²) in [6, 6.07) is 8.11. The zero-order valence-electron chi connectivity index (χ0n) is 11.5. The molecule has 0 heterocycles. The summed E-state index contributed by atoms with van der Waals surface area (Å²) in [5.41, 5.74) is 1.25. The van der Waals surface area contributed by atoms with Gasteiger partial charge in [-0.15, -0.1) is 0 Å². The van der Waals surface area contributed by atoms with Crippen LogP contribution in [0.3, 0.4) is 0 Å². The number of benzene rings is 1. The highest BCUT2D eigenvalue weighted by Gasteiger charge is 2.28. The number of carboxylic acids is 1. The van der Waals surface area contributed by atoms with Crippen molar-refractivity contribution < 1.29 is 14.6 Å². The summed E-state index contributed by atoms with van der Waals surface area (Å²) < 4.78 is 6.05. The van der Waals surface area contributed by atoms with Gasteiger partial charge < -0.3 is 9.84 Å². The average molecular weight is 262 g/mol. The van der Waals surface area contributed by atoms with Crippen molar-refractivity contribution >= 4 is 5.97 Å². The molecule has 19 heavy (non-hydrogen) atoms. The van der Waals surface area contributed by atoms with Crippen LogP contribution in [0.15, 0.2) is 24.3 Å². The second kappa shape index (κ2) is 6.60. The number of rotatable bonds is 5. The molecule has 0 radical (unpaired) electrons. The molecule has 3 heteroatoms. The second-order valence-electron chi connectivity index (χ2n) is 5.30. The third kappa shape index (κ3) is 3.98. The molecule has 1 aliphatic carbocycles. The van der Waals surface area contributed by atoms with E-state index in [4.69, 9.17) is 9.84 Å². The van der Waals surface area contributed by atoms with Crippen LogP contribution < -0.4 is 4.74 Å². The minimum atomic E-state index is -0.720. The SMILES string of the molecule is CCc1cccc(OC2CCCCC2CC(=O)O)c1. The molecule has 1 fully saturated rings. The molecule has 0 saturated heterocycles. The van der Waals surface area contributed by atoms with E-state index in [0.717, 1.165) is 37.9 Å². The Balaban J connectivity index is 2.03. The Morgan fingerprint density at radius 1 is 1.37 bits per heavy atom. The summed E-state index contributed by atoms with van der Waals surface area (Å²) in [4.78, 5) is 10.9. The highest BCUT2D eigenvalue weighted by molar-refractivity contribution is 5.67. The Bertz CT molecular complexity index is 428. The molecule has 2 rings (SSSR count). The molecule has 2 atom stereocenters. The van der Waals surface area contributed by atoms with E-state index in [1.807, 2.05) is 12.1 Å². The van der Waals surface area contributed by atoms with Gasteiger partial charge in [-0.1, -0.05) is 25.5 Å². The Morgan fingerprint density at radius 2 is 2.16 bits per heavy atom. The molecule has 1 aromatic rings. The molecule has 1 aliphatic rings. The summed E-state index contributed by atoms with van der Waals surface area (Å²) in [5, 5.41) is 8.98. The molecule has 0 amide bonds. The molecule has 0 bridgehead atoms. The van der Waals surface area contributed by atoms with Crippen molar-refractivity contribution in [3.63, 3.8) is 0 Å². The number of hydrogen-bond acceptors (Lipinski definition) is 2. The molecule has 104 valence electrons. The zero-order valence-corrected chi connectivity index (χ0v) is 11.5. The summed E-state index contributed by atoms with van der Waals surface area (Å²) in [6.07, 6.45) is 5.44. The Labute approximate surface area is 114 Å². The smallest absolute Gasteiger partial charge is 0.303 e. The minimum absolute atomic E-state index is 0.0527. The van der Waals surface area contributed by atoms with Gasteiger partial charge >= 0.3 is 5.97 Å². The summed E-state index contributed by atoms with van der Waals surface area (Å²) >= 11 is 0. The van der Waals surface area contributed by atoms with Crippen molar-refractivity contribution in [1.82, 2.24) is 0 Å². The van der Waals surface area contributed by atoms with Crippen molar-refractivity contribution in [3.05, 3.63) is 29.8 Å². The zero-order chi connectivity index (χ0) is 13.7. The molecule has 3 nitrogen and oxygen atoms in total. The minimum Gasteiger partial charge on any atom is -0.490 e. The maximum Gasteiger partial charge on any atom is 0.303 e. The maximum absolute atomic E-state index is 10.9. The van der Waals surface area contributed by atoms with Crippen LogP contribution >= 0.6 is 0 Å². The number of carboxylic acid groups (broad SMARTS) is 1. The van der Waals surface area contributed by atoms with E-state index in [-0.39, 0.29) is 18.4 Å². The van der Waals surface area contributed by atoms with Gasteiger partial charge in [0.15, 0.2) is 0 Å². The maximum atomic E-state index is 10.9. The lowest BCUT2D eigenvalue weighted by Gasteiger charge is -2.31. The van der Waals surface area contributed by atoms with E-state index in [9.17, 15) is 4.79 Å². The third-order valence-electron chi connectivity index (χ3n) is 3.87. The van der Waals surface area contributed by atoms with Crippen molar-refractivity contribution in [3.8, 4) is 5.75 Å². The average Bonchev–Trinajstić information content (AvgIpc) is 2.41. The van der Waals surface area contributed by atoms with Gasteiger partial charge in [0.25, 0.3) is 0 Å². The highest BCUT2D eigenvalue weighted by atomic mass is 16.5. The van der Waals surface area contributed by atoms with Crippen molar-refractivity contribution in [2.75, 3.05) is 0 Å². The van der Waals surface area contributed by atoms with Gasteiger partial charge in [-0.05, 0) is 43.4 Å². The highest BCUT2D eigenvalue weighted by Crippen LogP contribution is 2.30. The van der Waals surface area contributed by atoms with E-state index in [1.165, 1.54) is 5.56 Å². The van der Waals surface area contributed by atoms with Crippen molar-refractivity contribution in [1.29, 1.82) is 0 Å². The largest absolute Gasteiger partial charge is 0.490 e. The molecule has 1 saturated carbocycles. The second-order valence-corrected chi connectivity index (χ2v) is 5.30. The predicted molar refractivity (Wildman–Crippen MR) is 74.4 cm³/mol. The molecule has 1 aromatic carbocycles. The molecular formula is C16H22O3. The van der Waals surface area contributed by atoms with Gasteiger partial charge in [0.1, 0.15) is 11.9 Å². The fraction of sp³-hybridized carbons (Fsp3) is 0.562. The Hall–Kier alpha value is -1.51. The van der Waals surface area contributed by atoms with Gasteiger partial charge in [-0.25, -0.2) is 0 Å². The fourth-order valence-electron chi connectivity index (χ4n) is 2.80. The molecular weight excluding hydrogens is 240 g/mol. The first-order valence-corrected chi connectivity index (χ1v) is 7.16. The molecule has 0 aliphatic heterocycles. The van der Waals surface area contributed by atoms with Gasteiger partial charge in [-0.2, -0.15) is 0 Å². The van der Waals surface area contributed by atoms with Gasteiger partial charge in [0.05, 0.1) is 6.42 Å². The number of aryl methyl sites for hydroxylation is 1. The van der Waals surface area contributed by atoms with Crippen LogP contribution in [0.4, 0.5) is 0 Å². The Kier molecular flexibility index (Phi) is 4.83. The van der Waals surface area contributed by atoms with Gasteiger partial charge in [-0.3, -0.25) is 4.79 Å². The first-order chi connectivity index (χ1) is 9.19. The van der Waals surface area contributed by atoms with Crippen LogP contribution in [0.1, 0.15) is 44.6 Å². The first-order valence-electron chi connectivity index (χ1n) is 7.16. The van der Waals surface area contributed by atoms with E-state index in [0.29, 0.717) is 0 Å². The van der Waals surface area contributed by atoms with Crippen LogP contribution in [-0.4, -0.2) is 17.2 Å². The van der Waals surface area contributed by atoms with E-state index < -0.39 is 5.97 Å². The molecule has 0 spiro atoms. The summed E-state index contributed by atoms with van der Waals surface area (Å²) in [6.45, 7) is 2.12. The predicted octanol–water partition coefficient (Wildman–Crippen LogP) is 3.66. The van der Waals surface area contributed by atoms with Crippen LogP contribution in [0.5, 0.6) is 5.75 Å². The van der Waals surface area contributed by atoms with Crippen LogP contribution in [-0.2, 0) is 11.2 Å². The van der Waals surface area contributed by atoms with Crippen LogP contribution in [0.25, 0.3) is 0 Å².